The van der Waals surface area contributed by atoms with Crippen molar-refractivity contribution >= 4 is 17.3 Å². The zero-order valence-electron chi connectivity index (χ0n) is 12.1. The standard InChI is InChI=1S/C15H24N4O/c1-11(10-19-6-2-3-7-19)9-18-14-8-12(15(17)20)4-5-13(14)16/h4-5,8,11,18H,2-3,6-7,9-10,16H2,1H3,(H2,17,20). The number of benzene rings is 1. The van der Waals surface area contributed by atoms with Crippen LogP contribution in [0.3, 0.4) is 0 Å². The van der Waals surface area contributed by atoms with E-state index < -0.39 is 5.91 Å². The minimum absolute atomic E-state index is 0.432. The van der Waals surface area contributed by atoms with E-state index in [1.165, 1.54) is 25.9 Å². The molecule has 0 saturated carbocycles. The van der Waals surface area contributed by atoms with Gasteiger partial charge in [0, 0.05) is 18.7 Å². The van der Waals surface area contributed by atoms with E-state index in [1.54, 1.807) is 18.2 Å². The summed E-state index contributed by atoms with van der Waals surface area (Å²) >= 11 is 0. The lowest BCUT2D eigenvalue weighted by molar-refractivity contribution is 0.100. The van der Waals surface area contributed by atoms with Gasteiger partial charge < -0.3 is 21.7 Å². The summed E-state index contributed by atoms with van der Waals surface area (Å²) in [6.45, 7) is 6.58. The monoisotopic (exact) mass is 276 g/mol. The summed E-state index contributed by atoms with van der Waals surface area (Å²) in [6, 6.07) is 5.09. The summed E-state index contributed by atoms with van der Waals surface area (Å²) in [4.78, 5) is 13.7. The van der Waals surface area contributed by atoms with Gasteiger partial charge in [0.25, 0.3) is 0 Å². The van der Waals surface area contributed by atoms with E-state index >= 15 is 0 Å². The van der Waals surface area contributed by atoms with Gasteiger partial charge in [-0.25, -0.2) is 0 Å². The van der Waals surface area contributed by atoms with E-state index in [4.69, 9.17) is 11.5 Å². The number of nitrogens with two attached hydrogens (primary N) is 2. The number of nitrogens with zero attached hydrogens (tertiary/aromatic N) is 1. The Balaban J connectivity index is 1.89. The van der Waals surface area contributed by atoms with Gasteiger partial charge >= 0.3 is 0 Å². The number of hydrogen-bond acceptors (Lipinski definition) is 4. The molecule has 1 unspecified atom stereocenters. The molecule has 1 atom stereocenters. The first-order chi connectivity index (χ1) is 9.56. The lowest BCUT2D eigenvalue weighted by Gasteiger charge is -2.21. The number of rotatable bonds is 6. The Bertz CT molecular complexity index is 469. The molecule has 20 heavy (non-hydrogen) atoms. The van der Waals surface area contributed by atoms with Crippen molar-refractivity contribution in [3.8, 4) is 0 Å². The van der Waals surface area contributed by atoms with Crippen LogP contribution in [0.15, 0.2) is 18.2 Å². The Labute approximate surface area is 120 Å². The van der Waals surface area contributed by atoms with Crippen molar-refractivity contribution in [2.75, 3.05) is 37.2 Å². The Morgan fingerprint density at radius 2 is 2.10 bits per heavy atom. The molecule has 0 aliphatic carbocycles. The third-order valence-electron chi connectivity index (χ3n) is 3.75. The van der Waals surface area contributed by atoms with Gasteiger partial charge in [-0.1, -0.05) is 6.92 Å². The maximum absolute atomic E-state index is 11.2. The van der Waals surface area contributed by atoms with Gasteiger partial charge in [0.1, 0.15) is 0 Å². The average Bonchev–Trinajstić information content (AvgIpc) is 2.90. The van der Waals surface area contributed by atoms with Crippen LogP contribution >= 0.6 is 0 Å². The van der Waals surface area contributed by atoms with E-state index in [1.807, 2.05) is 0 Å². The van der Waals surface area contributed by atoms with Gasteiger partial charge in [0.2, 0.25) is 5.91 Å². The molecule has 2 rings (SSSR count). The van der Waals surface area contributed by atoms with E-state index in [-0.39, 0.29) is 0 Å². The van der Waals surface area contributed by atoms with Crippen molar-refractivity contribution in [1.29, 1.82) is 0 Å². The van der Waals surface area contributed by atoms with Crippen LogP contribution in [0.1, 0.15) is 30.1 Å². The minimum Gasteiger partial charge on any atom is -0.397 e. The van der Waals surface area contributed by atoms with E-state index in [0.717, 1.165) is 18.8 Å². The van der Waals surface area contributed by atoms with Crippen molar-refractivity contribution in [1.82, 2.24) is 4.90 Å². The van der Waals surface area contributed by atoms with Gasteiger partial charge in [-0.2, -0.15) is 0 Å². The Morgan fingerprint density at radius 1 is 1.40 bits per heavy atom. The summed E-state index contributed by atoms with van der Waals surface area (Å²) in [5, 5.41) is 3.32. The third kappa shape index (κ3) is 3.87. The predicted molar refractivity (Wildman–Crippen MR) is 82.7 cm³/mol. The lowest BCUT2D eigenvalue weighted by atomic mass is 10.1. The van der Waals surface area contributed by atoms with Gasteiger partial charge in [-0.3, -0.25) is 4.79 Å². The molecule has 0 radical (unpaired) electrons. The highest BCUT2D eigenvalue weighted by Gasteiger charge is 2.14. The highest BCUT2D eigenvalue weighted by Crippen LogP contribution is 2.20. The van der Waals surface area contributed by atoms with Gasteiger partial charge in [-0.05, 0) is 50.0 Å². The molecule has 0 bridgehead atoms. The minimum atomic E-state index is -0.432. The van der Waals surface area contributed by atoms with Crippen molar-refractivity contribution in [3.63, 3.8) is 0 Å². The van der Waals surface area contributed by atoms with Crippen LogP contribution in [0.4, 0.5) is 11.4 Å². The first kappa shape index (κ1) is 14.7. The third-order valence-corrected chi connectivity index (χ3v) is 3.75. The van der Waals surface area contributed by atoms with Gasteiger partial charge in [-0.15, -0.1) is 0 Å². The number of carbonyl (C=O) groups excluding carboxylic acids is 1. The van der Waals surface area contributed by atoms with Crippen molar-refractivity contribution in [2.24, 2.45) is 11.7 Å². The number of nitrogens with one attached hydrogen (secondary N) is 1. The second-order valence-corrected chi connectivity index (χ2v) is 5.66. The molecular formula is C15H24N4O. The Hall–Kier alpha value is -1.75. The number of carbonyl (C=O) groups is 1. The van der Waals surface area contributed by atoms with Gasteiger partial charge in [0.05, 0.1) is 11.4 Å². The number of amides is 1. The molecule has 1 aliphatic rings. The highest BCUT2D eigenvalue weighted by molar-refractivity contribution is 5.94. The van der Waals surface area contributed by atoms with Crippen LogP contribution in [-0.4, -0.2) is 37.0 Å². The molecule has 1 aromatic rings. The Kier molecular flexibility index (Phi) is 4.84. The first-order valence-corrected chi connectivity index (χ1v) is 7.22. The number of anilines is 2. The number of hydrogen-bond donors (Lipinski definition) is 3. The molecule has 110 valence electrons. The fourth-order valence-electron chi connectivity index (χ4n) is 2.62. The summed E-state index contributed by atoms with van der Waals surface area (Å²) in [6.07, 6.45) is 2.63. The summed E-state index contributed by atoms with van der Waals surface area (Å²) in [5.74, 6) is 0.0999. The fraction of sp³-hybridized carbons (Fsp3) is 0.533. The molecule has 1 aromatic carbocycles. The maximum atomic E-state index is 11.2. The average molecular weight is 276 g/mol. The number of nitrogen functional groups attached to an aromatic ring is 1. The first-order valence-electron chi connectivity index (χ1n) is 7.22. The zero-order valence-corrected chi connectivity index (χ0v) is 12.1. The second-order valence-electron chi connectivity index (χ2n) is 5.66. The molecule has 5 heteroatoms. The largest absolute Gasteiger partial charge is 0.397 e. The van der Waals surface area contributed by atoms with Crippen molar-refractivity contribution < 1.29 is 4.79 Å². The molecular weight excluding hydrogens is 252 g/mol. The molecule has 1 aliphatic heterocycles. The molecule has 5 N–H and O–H groups in total. The fourth-order valence-corrected chi connectivity index (χ4v) is 2.62. The molecule has 1 fully saturated rings. The van der Waals surface area contributed by atoms with Crippen molar-refractivity contribution in [2.45, 2.75) is 19.8 Å². The zero-order chi connectivity index (χ0) is 14.5. The van der Waals surface area contributed by atoms with Crippen LogP contribution in [0.25, 0.3) is 0 Å². The number of primary amides is 1. The SMILES string of the molecule is CC(CNc1cc(C(N)=O)ccc1N)CN1CCCC1. The van der Waals surface area contributed by atoms with Crippen molar-refractivity contribution in [3.05, 3.63) is 23.8 Å². The van der Waals surface area contributed by atoms with E-state index in [0.29, 0.717) is 17.2 Å². The molecule has 1 amide bonds. The molecule has 1 saturated heterocycles. The molecule has 1 heterocycles. The normalized spacial score (nSPS) is 17.1. The predicted octanol–water partition coefficient (Wildman–Crippen LogP) is 1.51. The highest BCUT2D eigenvalue weighted by atomic mass is 16.1. The van der Waals surface area contributed by atoms with Gasteiger partial charge in [0.15, 0.2) is 0 Å². The molecule has 5 nitrogen and oxygen atoms in total. The van der Waals surface area contributed by atoms with Crippen LogP contribution in [-0.2, 0) is 0 Å². The smallest absolute Gasteiger partial charge is 0.248 e. The lowest BCUT2D eigenvalue weighted by Crippen LogP contribution is -2.29. The van der Waals surface area contributed by atoms with Crippen LogP contribution in [0.2, 0.25) is 0 Å². The summed E-state index contributed by atoms with van der Waals surface area (Å²) in [7, 11) is 0. The number of likely N-dealkylation sites (tertiary alicyclic amines) is 1. The quantitative estimate of drug-likeness (QED) is 0.688. The van der Waals surface area contributed by atoms with Crippen LogP contribution in [0.5, 0.6) is 0 Å². The summed E-state index contributed by atoms with van der Waals surface area (Å²) < 4.78 is 0. The van der Waals surface area contributed by atoms with Crippen LogP contribution in [0, 0.1) is 5.92 Å². The second kappa shape index (κ2) is 6.61. The summed E-state index contributed by atoms with van der Waals surface area (Å²) in [5.41, 5.74) is 13.1. The maximum Gasteiger partial charge on any atom is 0.248 e. The van der Waals surface area contributed by atoms with E-state index in [2.05, 4.69) is 17.1 Å². The molecule has 0 spiro atoms. The van der Waals surface area contributed by atoms with E-state index in [9.17, 15) is 4.79 Å². The topological polar surface area (TPSA) is 84.4 Å². The Morgan fingerprint density at radius 3 is 2.75 bits per heavy atom. The molecule has 0 aromatic heterocycles. The van der Waals surface area contributed by atoms with Crippen LogP contribution < -0.4 is 16.8 Å².